The Morgan fingerprint density at radius 2 is 1.90 bits per heavy atom. The molecule has 0 spiro atoms. The maximum atomic E-state index is 13.2. The molecule has 2 aliphatic rings. The number of anilines is 1. The molecule has 3 heterocycles. The Bertz CT molecular complexity index is 1020. The number of benzene rings is 2. The molecule has 3 aromatic rings. The van der Waals surface area contributed by atoms with E-state index in [1.165, 1.54) is 0 Å². The van der Waals surface area contributed by atoms with Gasteiger partial charge < -0.3 is 15.3 Å². The van der Waals surface area contributed by atoms with Crippen molar-refractivity contribution < 1.29 is 9.90 Å². The summed E-state index contributed by atoms with van der Waals surface area (Å²) in [6.45, 7) is 0.713. The van der Waals surface area contributed by atoms with Gasteiger partial charge in [-0.15, -0.1) is 0 Å². The molecule has 0 unspecified atom stereocenters. The third-order valence-corrected chi connectivity index (χ3v) is 6.12. The molecule has 0 aliphatic carbocycles. The Hall–Kier alpha value is -3.18. The van der Waals surface area contributed by atoms with Gasteiger partial charge in [-0.25, -0.2) is 0 Å². The first-order valence-corrected chi connectivity index (χ1v) is 10.0. The minimum atomic E-state index is -0.0680. The molecular weight excluding hydrogens is 362 g/mol. The highest BCUT2D eigenvalue weighted by molar-refractivity contribution is 5.93. The van der Waals surface area contributed by atoms with E-state index in [4.69, 9.17) is 0 Å². The number of aromatic nitrogens is 1. The van der Waals surface area contributed by atoms with E-state index in [1.807, 2.05) is 35.2 Å². The number of hydrogen-bond acceptors (Lipinski definition) is 4. The SMILES string of the molecule is O=C(c1ccccn1)N1CC[C@@H]2[C@@H](CO)Nc3ccc(-c4ccccc4)cc3[C@@H]21. The van der Waals surface area contributed by atoms with Crippen molar-refractivity contribution in [2.75, 3.05) is 18.5 Å². The smallest absolute Gasteiger partial charge is 0.272 e. The van der Waals surface area contributed by atoms with Crippen LogP contribution in [0.3, 0.4) is 0 Å². The second kappa shape index (κ2) is 7.33. The van der Waals surface area contributed by atoms with Crippen LogP contribution in [0.1, 0.15) is 28.5 Å². The molecule has 5 nitrogen and oxygen atoms in total. The molecule has 2 aromatic carbocycles. The largest absolute Gasteiger partial charge is 0.394 e. The Labute approximate surface area is 170 Å². The van der Waals surface area contributed by atoms with Crippen molar-refractivity contribution in [1.82, 2.24) is 9.88 Å². The molecular formula is C24H23N3O2. The van der Waals surface area contributed by atoms with Gasteiger partial charge in [-0.3, -0.25) is 9.78 Å². The summed E-state index contributed by atoms with van der Waals surface area (Å²) >= 11 is 0. The van der Waals surface area contributed by atoms with E-state index in [0.717, 1.165) is 28.8 Å². The van der Waals surface area contributed by atoms with E-state index in [1.54, 1.807) is 12.3 Å². The maximum absolute atomic E-state index is 13.2. The number of hydrogen-bond donors (Lipinski definition) is 2. The van der Waals surface area contributed by atoms with Crippen LogP contribution >= 0.6 is 0 Å². The van der Waals surface area contributed by atoms with Crippen LogP contribution < -0.4 is 5.32 Å². The summed E-state index contributed by atoms with van der Waals surface area (Å²) in [6.07, 6.45) is 2.51. The summed E-state index contributed by atoms with van der Waals surface area (Å²) < 4.78 is 0. The Morgan fingerprint density at radius 3 is 2.66 bits per heavy atom. The van der Waals surface area contributed by atoms with Crippen LogP contribution in [0, 0.1) is 5.92 Å². The summed E-state index contributed by atoms with van der Waals surface area (Å²) in [5.41, 5.74) is 4.85. The van der Waals surface area contributed by atoms with E-state index in [2.05, 4.69) is 40.6 Å². The predicted molar refractivity (Wildman–Crippen MR) is 112 cm³/mol. The van der Waals surface area contributed by atoms with E-state index in [0.29, 0.717) is 12.2 Å². The number of fused-ring (bicyclic) bond motifs is 3. The highest BCUT2D eigenvalue weighted by Gasteiger charge is 2.46. The lowest BCUT2D eigenvalue weighted by atomic mass is 9.82. The summed E-state index contributed by atoms with van der Waals surface area (Å²) in [5, 5.41) is 13.5. The molecule has 29 heavy (non-hydrogen) atoms. The third kappa shape index (κ3) is 3.08. The van der Waals surface area contributed by atoms with Gasteiger partial charge in [0.1, 0.15) is 5.69 Å². The fourth-order valence-electron chi connectivity index (χ4n) is 4.74. The number of aliphatic hydroxyl groups excluding tert-OH is 1. The fraction of sp³-hybridized carbons (Fsp3) is 0.250. The number of rotatable bonds is 3. The van der Waals surface area contributed by atoms with Crippen LogP contribution in [0.5, 0.6) is 0 Å². The van der Waals surface area contributed by atoms with E-state index >= 15 is 0 Å². The lowest BCUT2D eigenvalue weighted by Gasteiger charge is -2.39. The Balaban J connectivity index is 1.58. The van der Waals surface area contributed by atoms with Gasteiger partial charge in [0.25, 0.3) is 5.91 Å². The first kappa shape index (κ1) is 17.9. The number of amides is 1. The van der Waals surface area contributed by atoms with Gasteiger partial charge in [0.2, 0.25) is 0 Å². The topological polar surface area (TPSA) is 65.5 Å². The van der Waals surface area contributed by atoms with Crippen molar-refractivity contribution >= 4 is 11.6 Å². The minimum absolute atomic E-state index is 0.0483. The lowest BCUT2D eigenvalue weighted by molar-refractivity contribution is 0.0695. The molecule has 5 heteroatoms. The van der Waals surface area contributed by atoms with Crippen LogP contribution in [0.15, 0.2) is 72.9 Å². The molecule has 1 amide bonds. The molecule has 1 fully saturated rings. The number of pyridine rings is 1. The third-order valence-electron chi connectivity index (χ3n) is 6.12. The first-order valence-electron chi connectivity index (χ1n) is 10.0. The number of likely N-dealkylation sites (tertiary alicyclic amines) is 1. The van der Waals surface area contributed by atoms with Gasteiger partial charge in [0.05, 0.1) is 18.7 Å². The normalized spacial score (nSPS) is 22.5. The van der Waals surface area contributed by atoms with Crippen LogP contribution in [-0.2, 0) is 0 Å². The molecule has 0 radical (unpaired) electrons. The van der Waals surface area contributed by atoms with Crippen molar-refractivity contribution in [3.63, 3.8) is 0 Å². The van der Waals surface area contributed by atoms with Crippen molar-refractivity contribution in [3.8, 4) is 11.1 Å². The van der Waals surface area contributed by atoms with E-state index < -0.39 is 0 Å². The zero-order valence-electron chi connectivity index (χ0n) is 16.0. The van der Waals surface area contributed by atoms with Crippen molar-refractivity contribution in [2.24, 2.45) is 5.92 Å². The summed E-state index contributed by atoms with van der Waals surface area (Å²) in [4.78, 5) is 19.4. The van der Waals surface area contributed by atoms with Gasteiger partial charge in [0.15, 0.2) is 0 Å². The van der Waals surface area contributed by atoms with Crippen LogP contribution in [0.2, 0.25) is 0 Å². The zero-order chi connectivity index (χ0) is 19.8. The average Bonchev–Trinajstić information content (AvgIpc) is 3.24. The predicted octanol–water partition coefficient (Wildman–Crippen LogP) is 3.74. The van der Waals surface area contributed by atoms with Gasteiger partial charge in [-0.2, -0.15) is 0 Å². The molecule has 0 bridgehead atoms. The summed E-state index contributed by atoms with van der Waals surface area (Å²) in [6, 6.07) is 21.9. The molecule has 0 saturated carbocycles. The highest BCUT2D eigenvalue weighted by atomic mass is 16.3. The van der Waals surface area contributed by atoms with Gasteiger partial charge in [0, 0.05) is 24.3 Å². The van der Waals surface area contributed by atoms with Gasteiger partial charge in [-0.05, 0) is 47.4 Å². The quantitative estimate of drug-likeness (QED) is 0.721. The summed E-state index contributed by atoms with van der Waals surface area (Å²) in [7, 11) is 0. The average molecular weight is 385 g/mol. The first-order chi connectivity index (χ1) is 14.3. The van der Waals surface area contributed by atoms with Gasteiger partial charge >= 0.3 is 0 Å². The van der Waals surface area contributed by atoms with Crippen LogP contribution in [-0.4, -0.2) is 40.1 Å². The molecule has 1 aromatic heterocycles. The fourth-order valence-corrected chi connectivity index (χ4v) is 4.74. The standard InChI is InChI=1S/C24H23N3O2/c28-15-22-18-11-13-27(24(29)21-8-4-5-12-25-21)23(18)19-14-17(9-10-20(19)26-22)16-6-2-1-3-7-16/h1-10,12,14,18,22-23,26,28H,11,13,15H2/t18-,22-,23-/m1/s1. The van der Waals surface area contributed by atoms with Gasteiger partial charge in [-0.1, -0.05) is 42.5 Å². The number of aliphatic hydroxyl groups is 1. The highest BCUT2D eigenvalue weighted by Crippen LogP contribution is 2.47. The maximum Gasteiger partial charge on any atom is 0.272 e. The molecule has 3 atom stereocenters. The Morgan fingerprint density at radius 1 is 1.07 bits per heavy atom. The number of nitrogens with one attached hydrogen (secondary N) is 1. The van der Waals surface area contributed by atoms with Crippen molar-refractivity contribution in [1.29, 1.82) is 0 Å². The van der Waals surface area contributed by atoms with E-state index in [-0.39, 0.29) is 30.5 Å². The molecule has 146 valence electrons. The molecule has 5 rings (SSSR count). The van der Waals surface area contributed by atoms with Crippen molar-refractivity contribution in [3.05, 3.63) is 84.2 Å². The van der Waals surface area contributed by atoms with Crippen molar-refractivity contribution in [2.45, 2.75) is 18.5 Å². The van der Waals surface area contributed by atoms with Crippen LogP contribution in [0.4, 0.5) is 5.69 Å². The Kier molecular flexibility index (Phi) is 4.52. The number of carbonyl (C=O) groups excluding carboxylic acids is 1. The lowest BCUT2D eigenvalue weighted by Crippen LogP contribution is -2.43. The van der Waals surface area contributed by atoms with Crippen LogP contribution in [0.25, 0.3) is 11.1 Å². The monoisotopic (exact) mass is 385 g/mol. The molecule has 2 N–H and O–H groups in total. The second-order valence-electron chi connectivity index (χ2n) is 7.71. The number of carbonyl (C=O) groups is 1. The zero-order valence-corrected chi connectivity index (χ0v) is 16.0. The second-order valence-corrected chi connectivity index (χ2v) is 7.71. The summed E-state index contributed by atoms with van der Waals surface area (Å²) in [5.74, 6) is 0.124. The number of nitrogens with zero attached hydrogens (tertiary/aromatic N) is 2. The van der Waals surface area contributed by atoms with E-state index in [9.17, 15) is 9.90 Å². The minimum Gasteiger partial charge on any atom is -0.394 e. The molecule has 2 aliphatic heterocycles. The molecule has 1 saturated heterocycles.